The van der Waals surface area contributed by atoms with Crippen molar-refractivity contribution >= 4 is 5.97 Å². The first-order valence-corrected chi connectivity index (χ1v) is 9.50. The Kier molecular flexibility index (Phi) is 3.67. The van der Waals surface area contributed by atoms with Gasteiger partial charge >= 0.3 is 5.97 Å². The molecule has 25 heavy (non-hydrogen) atoms. The Labute approximate surface area is 150 Å². The number of esters is 1. The molecule has 2 bridgehead atoms. The molecule has 4 fully saturated rings. The van der Waals surface area contributed by atoms with Crippen LogP contribution >= 0.6 is 0 Å². The van der Waals surface area contributed by atoms with Gasteiger partial charge in [0.2, 0.25) is 0 Å². The average Bonchev–Trinajstić information content (AvgIpc) is 3.10. The highest BCUT2D eigenvalue weighted by Gasteiger charge is 2.74. The van der Waals surface area contributed by atoms with Crippen LogP contribution in [0.4, 0.5) is 0 Å². The number of fused-ring (bicyclic) bond motifs is 7. The second-order valence-corrected chi connectivity index (χ2v) is 9.75. The van der Waals surface area contributed by atoms with Crippen LogP contribution < -0.4 is 5.73 Å². The van der Waals surface area contributed by atoms with E-state index in [4.69, 9.17) is 20.0 Å². The lowest BCUT2D eigenvalue weighted by Gasteiger charge is -2.39. The fraction of sp³-hybridized carbons (Fsp3) is 0.947. The summed E-state index contributed by atoms with van der Waals surface area (Å²) < 4.78 is 11.4. The fourth-order valence-corrected chi connectivity index (χ4v) is 6.34. The fourth-order valence-electron chi connectivity index (χ4n) is 6.34. The molecule has 4 rings (SSSR count). The number of rotatable bonds is 3. The number of carbonyl (C=O) groups is 1. The van der Waals surface area contributed by atoms with E-state index in [9.17, 15) is 4.79 Å². The molecule has 2 aliphatic carbocycles. The van der Waals surface area contributed by atoms with Gasteiger partial charge in [-0.15, -0.1) is 0 Å². The Morgan fingerprint density at radius 3 is 2.64 bits per heavy atom. The molecule has 7 atom stereocenters. The molecule has 142 valence electrons. The van der Waals surface area contributed by atoms with Crippen LogP contribution in [0.5, 0.6) is 0 Å². The van der Waals surface area contributed by atoms with E-state index in [1.54, 1.807) is 0 Å². The average molecular weight is 352 g/mol. The van der Waals surface area contributed by atoms with Crippen LogP contribution in [0.25, 0.3) is 0 Å². The third kappa shape index (κ3) is 2.08. The summed E-state index contributed by atoms with van der Waals surface area (Å²) in [5, 5.41) is 2.10. The zero-order valence-electron chi connectivity index (χ0n) is 16.2. The van der Waals surface area contributed by atoms with Crippen LogP contribution in [0.2, 0.25) is 0 Å². The molecule has 2 N–H and O–H groups in total. The van der Waals surface area contributed by atoms with E-state index < -0.39 is 5.60 Å². The summed E-state index contributed by atoms with van der Waals surface area (Å²) in [6, 6.07) is -0.0666. The van der Waals surface area contributed by atoms with Crippen LogP contribution in [0, 0.1) is 22.7 Å². The highest BCUT2D eigenvalue weighted by molar-refractivity contribution is 5.70. The minimum Gasteiger partial charge on any atom is -0.469 e. The van der Waals surface area contributed by atoms with Gasteiger partial charge in [0, 0.05) is 17.4 Å². The minimum absolute atomic E-state index is 0.0664. The van der Waals surface area contributed by atoms with Gasteiger partial charge in [-0.3, -0.25) is 9.63 Å². The summed E-state index contributed by atoms with van der Waals surface area (Å²) in [5.41, 5.74) is 6.37. The summed E-state index contributed by atoms with van der Waals surface area (Å²) in [6.45, 7) is 11.2. The number of methoxy groups -OCH3 is 1. The van der Waals surface area contributed by atoms with E-state index in [2.05, 4.69) is 25.8 Å². The van der Waals surface area contributed by atoms with Crippen molar-refractivity contribution in [1.82, 2.24) is 5.06 Å². The molecule has 2 heterocycles. The lowest BCUT2D eigenvalue weighted by atomic mass is 9.70. The molecule has 0 aromatic carbocycles. The predicted molar refractivity (Wildman–Crippen MR) is 92.2 cm³/mol. The van der Waals surface area contributed by atoms with E-state index in [0.717, 1.165) is 0 Å². The van der Waals surface area contributed by atoms with Crippen molar-refractivity contribution in [3.05, 3.63) is 0 Å². The maximum Gasteiger partial charge on any atom is 0.307 e. The van der Waals surface area contributed by atoms with Crippen LogP contribution in [0.3, 0.4) is 0 Å². The van der Waals surface area contributed by atoms with E-state index in [1.807, 2.05) is 13.8 Å². The Morgan fingerprint density at radius 1 is 1.32 bits per heavy atom. The molecule has 6 heteroatoms. The monoisotopic (exact) mass is 352 g/mol. The Hall–Kier alpha value is -0.690. The lowest BCUT2D eigenvalue weighted by molar-refractivity contribution is -0.221. The number of nitrogens with zero attached hydrogens (tertiary/aromatic N) is 1. The number of ether oxygens (including phenoxy) is 2. The van der Waals surface area contributed by atoms with Crippen molar-refractivity contribution in [1.29, 1.82) is 0 Å². The molecule has 0 radical (unpaired) electrons. The van der Waals surface area contributed by atoms with Gasteiger partial charge in [-0.05, 0) is 38.0 Å². The Balaban J connectivity index is 1.63. The summed E-state index contributed by atoms with van der Waals surface area (Å²) in [7, 11) is 1.40. The van der Waals surface area contributed by atoms with Gasteiger partial charge in [0.1, 0.15) is 6.23 Å². The summed E-state index contributed by atoms with van der Waals surface area (Å²) in [5.74, 6) is 0.218. The van der Waals surface area contributed by atoms with Crippen molar-refractivity contribution in [3.63, 3.8) is 0 Å². The van der Waals surface area contributed by atoms with E-state index in [0.29, 0.717) is 5.92 Å². The second kappa shape index (κ2) is 5.18. The zero-order chi connectivity index (χ0) is 18.4. The smallest absolute Gasteiger partial charge is 0.307 e. The van der Waals surface area contributed by atoms with Crippen molar-refractivity contribution in [2.45, 2.75) is 83.9 Å². The minimum atomic E-state index is -0.462. The topological polar surface area (TPSA) is 74.0 Å². The molecular formula is C19H32N2O4. The third-order valence-corrected chi connectivity index (χ3v) is 8.10. The molecule has 2 saturated carbocycles. The van der Waals surface area contributed by atoms with Gasteiger partial charge in [-0.2, -0.15) is 5.06 Å². The van der Waals surface area contributed by atoms with Crippen LogP contribution in [-0.4, -0.2) is 48.2 Å². The first-order valence-electron chi connectivity index (χ1n) is 9.50. The maximum atomic E-state index is 11.7. The van der Waals surface area contributed by atoms with Crippen LogP contribution in [-0.2, 0) is 19.1 Å². The third-order valence-electron chi connectivity index (χ3n) is 8.10. The van der Waals surface area contributed by atoms with Gasteiger partial charge in [-0.1, -0.05) is 20.8 Å². The standard InChI is InChI=1S/C19H32N2O4/c1-17(2)10-7-8-19(17,5)15-14(10)21-16(24-15)13(18(3,4)25-21)11(20)9-12(22)23-6/h10-11,13-16H,7-9,20H2,1-6H3/t10?,11-,13?,14-,15?,16?,19?/m0/s1. The Bertz CT molecular complexity index is 592. The quantitative estimate of drug-likeness (QED) is 0.784. The first kappa shape index (κ1) is 17.7. The molecule has 4 aliphatic rings. The van der Waals surface area contributed by atoms with Crippen molar-refractivity contribution in [2.75, 3.05) is 7.11 Å². The summed E-state index contributed by atoms with van der Waals surface area (Å²) in [4.78, 5) is 18.1. The van der Waals surface area contributed by atoms with Crippen molar-refractivity contribution in [3.8, 4) is 0 Å². The molecule has 0 spiro atoms. The van der Waals surface area contributed by atoms with Crippen molar-refractivity contribution in [2.24, 2.45) is 28.4 Å². The van der Waals surface area contributed by atoms with Gasteiger partial charge in [0.05, 0.1) is 31.3 Å². The summed E-state index contributed by atoms with van der Waals surface area (Å²) >= 11 is 0. The highest BCUT2D eigenvalue weighted by Crippen LogP contribution is 2.70. The molecule has 2 saturated heterocycles. The number of hydroxylamine groups is 2. The largest absolute Gasteiger partial charge is 0.469 e. The first-order chi connectivity index (χ1) is 11.5. The van der Waals surface area contributed by atoms with Crippen LogP contribution in [0.1, 0.15) is 53.9 Å². The van der Waals surface area contributed by atoms with Gasteiger partial charge in [0.25, 0.3) is 0 Å². The molecule has 5 unspecified atom stereocenters. The van der Waals surface area contributed by atoms with E-state index in [1.165, 1.54) is 20.0 Å². The number of carbonyl (C=O) groups excluding carboxylic acids is 1. The molecular weight excluding hydrogens is 320 g/mol. The molecule has 0 amide bonds. The zero-order valence-corrected chi connectivity index (χ0v) is 16.2. The van der Waals surface area contributed by atoms with E-state index in [-0.39, 0.29) is 53.6 Å². The van der Waals surface area contributed by atoms with Crippen molar-refractivity contribution < 1.29 is 19.1 Å². The van der Waals surface area contributed by atoms with Crippen LogP contribution in [0.15, 0.2) is 0 Å². The van der Waals surface area contributed by atoms with Gasteiger partial charge in [0.15, 0.2) is 0 Å². The lowest BCUT2D eigenvalue weighted by Crippen LogP contribution is -2.48. The van der Waals surface area contributed by atoms with E-state index >= 15 is 0 Å². The normalized spacial score (nSPS) is 47.6. The predicted octanol–water partition coefficient (Wildman–Crippen LogP) is 2.07. The van der Waals surface area contributed by atoms with Gasteiger partial charge in [-0.25, -0.2) is 0 Å². The highest BCUT2D eigenvalue weighted by atomic mass is 16.8. The number of hydrogen-bond donors (Lipinski definition) is 1. The number of nitrogens with two attached hydrogens (primary N) is 1. The molecule has 0 aromatic rings. The van der Waals surface area contributed by atoms with Gasteiger partial charge < -0.3 is 15.2 Å². The molecule has 0 aromatic heterocycles. The molecule has 2 aliphatic heterocycles. The Morgan fingerprint density at radius 2 is 2.00 bits per heavy atom. The maximum absolute atomic E-state index is 11.7. The second-order valence-electron chi connectivity index (χ2n) is 9.75. The number of hydrogen-bond acceptors (Lipinski definition) is 6. The SMILES string of the molecule is COC(=O)C[C@H](N)C1C2OC3[C@H](C4CCC3(C)C4(C)C)N2OC1(C)C. The molecule has 6 nitrogen and oxygen atoms in total. The summed E-state index contributed by atoms with van der Waals surface area (Å²) in [6.07, 6.45) is 2.61.